The van der Waals surface area contributed by atoms with Crippen molar-refractivity contribution in [3.8, 4) is 0 Å². The van der Waals surface area contributed by atoms with E-state index in [4.69, 9.17) is 0 Å². The van der Waals surface area contributed by atoms with Crippen LogP contribution in [0.25, 0.3) is 0 Å². The molecule has 114 valence electrons. The van der Waals surface area contributed by atoms with Gasteiger partial charge in [0.15, 0.2) is 0 Å². The third-order valence-electron chi connectivity index (χ3n) is 3.73. The van der Waals surface area contributed by atoms with E-state index in [1.54, 1.807) is 11.0 Å². The summed E-state index contributed by atoms with van der Waals surface area (Å²) in [6, 6.07) is 5.63. The quantitative estimate of drug-likeness (QED) is 0.850. The lowest BCUT2D eigenvalue weighted by atomic mass is 10.1. The van der Waals surface area contributed by atoms with Crippen LogP contribution >= 0.6 is 0 Å². The molecule has 0 saturated carbocycles. The average Bonchev–Trinajstić information content (AvgIpc) is 2.81. The second-order valence-electron chi connectivity index (χ2n) is 5.63. The largest absolute Gasteiger partial charge is 0.389 e. The fourth-order valence-electron chi connectivity index (χ4n) is 2.59. The normalized spacial score (nSPS) is 16.1. The molecule has 2 rings (SSSR count). The number of nitrogens with one attached hydrogen (secondary N) is 1. The summed E-state index contributed by atoms with van der Waals surface area (Å²) in [4.78, 5) is 25.2. The number of nitrogens with zero attached hydrogens (tertiary/aromatic N) is 1. The van der Waals surface area contributed by atoms with Crippen molar-refractivity contribution in [1.29, 1.82) is 0 Å². The van der Waals surface area contributed by atoms with Gasteiger partial charge in [0.1, 0.15) is 0 Å². The SMILES string of the molecule is Cc1ccc(C(=O)NC[C@@H](O)CN2CCCC2=O)c(C)c1. The van der Waals surface area contributed by atoms with Crippen molar-refractivity contribution >= 4 is 11.8 Å². The number of amides is 2. The van der Waals surface area contributed by atoms with Gasteiger partial charge in [0.05, 0.1) is 6.10 Å². The Morgan fingerprint density at radius 2 is 2.19 bits per heavy atom. The maximum absolute atomic E-state index is 12.1. The number of likely N-dealkylation sites (tertiary alicyclic amines) is 1. The second-order valence-corrected chi connectivity index (χ2v) is 5.63. The molecule has 5 heteroatoms. The lowest BCUT2D eigenvalue weighted by Crippen LogP contribution is -2.40. The minimum Gasteiger partial charge on any atom is -0.389 e. The Balaban J connectivity index is 1.84. The van der Waals surface area contributed by atoms with E-state index in [0.29, 0.717) is 18.5 Å². The van der Waals surface area contributed by atoms with Crippen LogP contribution in [0.4, 0.5) is 0 Å². The van der Waals surface area contributed by atoms with Crippen molar-refractivity contribution in [1.82, 2.24) is 10.2 Å². The first-order chi connectivity index (χ1) is 9.97. The highest BCUT2D eigenvalue weighted by atomic mass is 16.3. The fourth-order valence-corrected chi connectivity index (χ4v) is 2.59. The molecule has 0 aromatic heterocycles. The Bertz CT molecular complexity index is 542. The van der Waals surface area contributed by atoms with Crippen LogP contribution < -0.4 is 5.32 Å². The zero-order chi connectivity index (χ0) is 15.4. The smallest absolute Gasteiger partial charge is 0.251 e. The first kappa shape index (κ1) is 15.5. The number of carbonyl (C=O) groups excluding carboxylic acids is 2. The molecule has 1 saturated heterocycles. The van der Waals surface area contributed by atoms with Gasteiger partial charge in [-0.3, -0.25) is 9.59 Å². The number of carbonyl (C=O) groups is 2. The molecule has 1 aliphatic rings. The van der Waals surface area contributed by atoms with E-state index >= 15 is 0 Å². The summed E-state index contributed by atoms with van der Waals surface area (Å²) < 4.78 is 0. The maximum Gasteiger partial charge on any atom is 0.251 e. The number of aliphatic hydroxyl groups excluding tert-OH is 1. The third kappa shape index (κ3) is 4.04. The van der Waals surface area contributed by atoms with Crippen molar-refractivity contribution in [3.63, 3.8) is 0 Å². The highest BCUT2D eigenvalue weighted by Gasteiger charge is 2.22. The van der Waals surface area contributed by atoms with Gasteiger partial charge >= 0.3 is 0 Å². The molecule has 0 radical (unpaired) electrons. The van der Waals surface area contributed by atoms with Gasteiger partial charge in [-0.05, 0) is 31.9 Å². The van der Waals surface area contributed by atoms with Crippen LogP contribution in [0.2, 0.25) is 0 Å². The van der Waals surface area contributed by atoms with Gasteiger partial charge in [-0.1, -0.05) is 17.7 Å². The summed E-state index contributed by atoms with van der Waals surface area (Å²) in [6.07, 6.45) is 0.670. The molecule has 1 aromatic carbocycles. The molecule has 1 aromatic rings. The van der Waals surface area contributed by atoms with Gasteiger partial charge < -0.3 is 15.3 Å². The zero-order valence-corrected chi connectivity index (χ0v) is 12.6. The Hall–Kier alpha value is -1.88. The maximum atomic E-state index is 12.1. The Kier molecular flexibility index (Phi) is 4.96. The van der Waals surface area contributed by atoms with Gasteiger partial charge in [0, 0.05) is 31.6 Å². The highest BCUT2D eigenvalue weighted by Crippen LogP contribution is 2.11. The van der Waals surface area contributed by atoms with E-state index in [-0.39, 0.29) is 24.9 Å². The number of hydrogen-bond acceptors (Lipinski definition) is 3. The van der Waals surface area contributed by atoms with Crippen molar-refractivity contribution in [2.75, 3.05) is 19.6 Å². The molecule has 0 unspecified atom stereocenters. The molecule has 1 heterocycles. The van der Waals surface area contributed by atoms with Crippen LogP contribution in [0.5, 0.6) is 0 Å². The van der Waals surface area contributed by atoms with Crippen LogP contribution in [0, 0.1) is 13.8 Å². The van der Waals surface area contributed by atoms with Gasteiger partial charge in [0.2, 0.25) is 5.91 Å². The third-order valence-corrected chi connectivity index (χ3v) is 3.73. The van der Waals surface area contributed by atoms with Crippen molar-refractivity contribution in [2.45, 2.75) is 32.8 Å². The number of aryl methyl sites for hydroxylation is 2. The molecule has 0 bridgehead atoms. The van der Waals surface area contributed by atoms with Gasteiger partial charge in [-0.25, -0.2) is 0 Å². The first-order valence-corrected chi connectivity index (χ1v) is 7.28. The van der Waals surface area contributed by atoms with E-state index in [2.05, 4.69) is 5.32 Å². The van der Waals surface area contributed by atoms with E-state index in [1.165, 1.54) is 0 Å². The molecule has 21 heavy (non-hydrogen) atoms. The topological polar surface area (TPSA) is 69.6 Å². The summed E-state index contributed by atoms with van der Waals surface area (Å²) in [6.45, 7) is 5.00. The molecule has 2 N–H and O–H groups in total. The number of benzene rings is 1. The van der Waals surface area contributed by atoms with Crippen LogP contribution in [0.3, 0.4) is 0 Å². The summed E-state index contributed by atoms with van der Waals surface area (Å²) in [7, 11) is 0. The van der Waals surface area contributed by atoms with Gasteiger partial charge in [0.25, 0.3) is 5.91 Å². The number of aliphatic hydroxyl groups is 1. The standard InChI is InChI=1S/C16H22N2O3/c1-11-5-6-14(12(2)8-11)16(21)17-9-13(19)10-18-7-3-4-15(18)20/h5-6,8,13,19H,3-4,7,9-10H2,1-2H3,(H,17,21)/t13-/m1/s1. The lowest BCUT2D eigenvalue weighted by Gasteiger charge is -2.20. The van der Waals surface area contributed by atoms with E-state index < -0.39 is 6.10 Å². The number of hydrogen-bond donors (Lipinski definition) is 2. The van der Waals surface area contributed by atoms with Crippen LogP contribution in [0.15, 0.2) is 18.2 Å². The summed E-state index contributed by atoms with van der Waals surface area (Å²) >= 11 is 0. The van der Waals surface area contributed by atoms with Crippen LogP contribution in [-0.2, 0) is 4.79 Å². The lowest BCUT2D eigenvalue weighted by molar-refractivity contribution is -0.128. The molecule has 0 aliphatic carbocycles. The Labute approximate surface area is 125 Å². The predicted octanol–water partition coefficient (Wildman–Crippen LogP) is 1.02. The average molecular weight is 290 g/mol. The summed E-state index contributed by atoms with van der Waals surface area (Å²) in [5.41, 5.74) is 2.64. The minimum absolute atomic E-state index is 0.0785. The van der Waals surface area contributed by atoms with Crippen LogP contribution in [0.1, 0.15) is 34.3 Å². The molecular weight excluding hydrogens is 268 g/mol. The highest BCUT2D eigenvalue weighted by molar-refractivity contribution is 5.95. The van der Waals surface area contributed by atoms with E-state index in [0.717, 1.165) is 17.5 Å². The predicted molar refractivity (Wildman–Crippen MR) is 80.1 cm³/mol. The van der Waals surface area contributed by atoms with Gasteiger partial charge in [-0.15, -0.1) is 0 Å². The molecule has 1 fully saturated rings. The van der Waals surface area contributed by atoms with Crippen molar-refractivity contribution in [2.24, 2.45) is 0 Å². The second kappa shape index (κ2) is 6.72. The molecule has 1 atom stereocenters. The number of rotatable bonds is 5. The number of β-amino-alcohol motifs (C(OH)–C–C–N with tert-alkyl or cyclic N) is 1. The molecule has 2 amide bonds. The van der Waals surface area contributed by atoms with E-state index in [1.807, 2.05) is 26.0 Å². The van der Waals surface area contributed by atoms with Crippen molar-refractivity contribution in [3.05, 3.63) is 34.9 Å². The van der Waals surface area contributed by atoms with Gasteiger partial charge in [-0.2, -0.15) is 0 Å². The molecule has 0 spiro atoms. The van der Waals surface area contributed by atoms with Crippen LogP contribution in [-0.4, -0.2) is 47.6 Å². The Morgan fingerprint density at radius 3 is 2.81 bits per heavy atom. The zero-order valence-electron chi connectivity index (χ0n) is 12.6. The summed E-state index contributed by atoms with van der Waals surface area (Å²) in [5, 5.41) is 12.6. The first-order valence-electron chi connectivity index (χ1n) is 7.28. The Morgan fingerprint density at radius 1 is 1.43 bits per heavy atom. The van der Waals surface area contributed by atoms with E-state index in [9.17, 15) is 14.7 Å². The monoisotopic (exact) mass is 290 g/mol. The molecule has 5 nitrogen and oxygen atoms in total. The molecular formula is C16H22N2O3. The minimum atomic E-state index is -0.734. The fraction of sp³-hybridized carbons (Fsp3) is 0.500. The molecule has 1 aliphatic heterocycles. The summed E-state index contributed by atoms with van der Waals surface area (Å²) in [5.74, 6) is -0.117. The van der Waals surface area contributed by atoms with Crippen molar-refractivity contribution < 1.29 is 14.7 Å².